The maximum atomic E-state index is 13.9. The fourth-order valence-electron chi connectivity index (χ4n) is 11.7. The number of nitrogens with one attached hydrogen (secondary N) is 1. The van der Waals surface area contributed by atoms with Gasteiger partial charge in [0.1, 0.15) is 0 Å². The molecule has 0 saturated heterocycles. The van der Waals surface area contributed by atoms with Crippen LogP contribution in [0.5, 0.6) is 0 Å². The lowest BCUT2D eigenvalue weighted by molar-refractivity contribution is -0.219. The molecule has 0 aliphatic heterocycles. The maximum absolute atomic E-state index is 13.9. The fourth-order valence-corrected chi connectivity index (χ4v) is 11.7. The summed E-state index contributed by atoms with van der Waals surface area (Å²) >= 11 is 0. The van der Waals surface area contributed by atoms with Crippen LogP contribution in [0, 0.1) is 45.3 Å². The third-order valence-corrected chi connectivity index (χ3v) is 13.3. The largest absolute Gasteiger partial charge is 0.393 e. The van der Waals surface area contributed by atoms with Gasteiger partial charge in [-0.15, -0.1) is 0 Å². The third kappa shape index (κ3) is 3.48. The number of rotatable bonds is 3. The second-order valence-corrected chi connectivity index (χ2v) is 14.9. The van der Waals surface area contributed by atoms with Gasteiger partial charge in [-0.05, 0) is 122 Å². The summed E-state index contributed by atoms with van der Waals surface area (Å²) in [6.07, 6.45) is 15.3. The van der Waals surface area contributed by atoms with Crippen LogP contribution < -0.4 is 11.1 Å². The number of pyridine rings is 1. The predicted molar refractivity (Wildman–Crippen MR) is 146 cm³/mol. The molecule has 1 aromatic rings. The van der Waals surface area contributed by atoms with Crippen molar-refractivity contribution < 1.29 is 9.90 Å². The molecule has 5 aliphatic rings. The van der Waals surface area contributed by atoms with Crippen LogP contribution in [0.15, 0.2) is 24.5 Å². The average Bonchev–Trinajstić information content (AvgIpc) is 3.32. The van der Waals surface area contributed by atoms with E-state index in [-0.39, 0.29) is 45.1 Å². The lowest BCUT2D eigenvalue weighted by Gasteiger charge is -2.71. The molecule has 5 aliphatic carbocycles. The van der Waals surface area contributed by atoms with Crippen molar-refractivity contribution in [1.29, 1.82) is 0 Å². The highest BCUT2D eigenvalue weighted by molar-refractivity contribution is 5.83. The van der Waals surface area contributed by atoms with Crippen LogP contribution in [0.2, 0.25) is 0 Å². The average molecular weight is 508 g/mol. The number of aliphatic hydroxyl groups is 1. The smallest absolute Gasteiger partial charge is 0.226 e. The van der Waals surface area contributed by atoms with E-state index in [0.717, 1.165) is 56.9 Å². The van der Waals surface area contributed by atoms with Gasteiger partial charge in [-0.1, -0.05) is 34.1 Å². The van der Waals surface area contributed by atoms with E-state index in [1.807, 2.05) is 12.1 Å². The molecule has 5 fully saturated rings. The van der Waals surface area contributed by atoms with E-state index in [9.17, 15) is 9.90 Å². The second kappa shape index (κ2) is 8.52. The molecule has 6 rings (SSSR count). The molecule has 0 aromatic carbocycles. The number of aromatic nitrogens is 1. The molecule has 204 valence electrons. The topological polar surface area (TPSA) is 88.2 Å². The molecule has 1 amide bonds. The van der Waals surface area contributed by atoms with Crippen molar-refractivity contribution in [3.8, 4) is 0 Å². The van der Waals surface area contributed by atoms with Crippen molar-refractivity contribution in [3.63, 3.8) is 0 Å². The lowest BCUT2D eigenvalue weighted by atomic mass is 9.35. The number of aliphatic hydroxyl groups excluding tert-OH is 1. The Morgan fingerprint density at radius 2 is 1.54 bits per heavy atom. The van der Waals surface area contributed by atoms with Gasteiger partial charge in [0.05, 0.1) is 11.5 Å². The summed E-state index contributed by atoms with van der Waals surface area (Å²) in [5, 5.41) is 14.2. The molecule has 0 radical (unpaired) electrons. The minimum absolute atomic E-state index is 0.0222. The first-order valence-corrected chi connectivity index (χ1v) is 15.1. The predicted octanol–water partition coefficient (Wildman–Crippen LogP) is 5.61. The van der Waals surface area contributed by atoms with Crippen molar-refractivity contribution in [1.82, 2.24) is 10.3 Å². The number of amides is 1. The van der Waals surface area contributed by atoms with E-state index in [0.29, 0.717) is 24.3 Å². The van der Waals surface area contributed by atoms with Crippen LogP contribution in [0.3, 0.4) is 0 Å². The van der Waals surface area contributed by atoms with Crippen molar-refractivity contribution >= 4 is 5.91 Å². The number of nitrogens with zero attached hydrogens (tertiary/aromatic N) is 1. The monoisotopic (exact) mass is 507 g/mol. The van der Waals surface area contributed by atoms with Gasteiger partial charge in [0, 0.05) is 24.5 Å². The summed E-state index contributed by atoms with van der Waals surface area (Å²) in [6.45, 7) is 10.3. The molecule has 37 heavy (non-hydrogen) atoms. The number of hydrogen-bond donors (Lipinski definition) is 3. The van der Waals surface area contributed by atoms with Gasteiger partial charge < -0.3 is 16.2 Å². The van der Waals surface area contributed by atoms with E-state index in [1.54, 1.807) is 12.4 Å². The normalized spacial score (nSPS) is 48.2. The Kier molecular flexibility index (Phi) is 5.94. The zero-order chi connectivity index (χ0) is 26.3. The summed E-state index contributed by atoms with van der Waals surface area (Å²) in [4.78, 5) is 18.0. The van der Waals surface area contributed by atoms with E-state index in [4.69, 9.17) is 5.73 Å². The van der Waals surface area contributed by atoms with E-state index < -0.39 is 0 Å². The Bertz CT molecular complexity index is 1040. The maximum Gasteiger partial charge on any atom is 0.226 e. The SMILES string of the molecule is CC1(C)C(O)CCC2(C)C1CCC1(C)C2CCC2(N)C3CCCC3(C(=O)NCc3ccncc3)CCC12. The molecule has 9 atom stereocenters. The highest BCUT2D eigenvalue weighted by Gasteiger charge is 2.70. The number of fused-ring (bicyclic) bond motifs is 7. The zero-order valence-electron chi connectivity index (χ0n) is 23.6. The van der Waals surface area contributed by atoms with Crippen LogP contribution >= 0.6 is 0 Å². The van der Waals surface area contributed by atoms with Gasteiger partial charge in [-0.2, -0.15) is 0 Å². The first-order chi connectivity index (χ1) is 17.5. The van der Waals surface area contributed by atoms with Gasteiger partial charge in [0.2, 0.25) is 5.91 Å². The van der Waals surface area contributed by atoms with Gasteiger partial charge in [-0.3, -0.25) is 9.78 Å². The van der Waals surface area contributed by atoms with Gasteiger partial charge >= 0.3 is 0 Å². The van der Waals surface area contributed by atoms with E-state index >= 15 is 0 Å². The molecule has 0 bridgehead atoms. The highest BCUT2D eigenvalue weighted by Crippen LogP contribution is 2.73. The number of carbonyl (C=O) groups is 1. The molecule has 4 N–H and O–H groups in total. The lowest BCUT2D eigenvalue weighted by Crippen LogP contribution is -2.72. The summed E-state index contributed by atoms with van der Waals surface area (Å²) in [5.74, 6) is 2.22. The van der Waals surface area contributed by atoms with Crippen LogP contribution in [-0.2, 0) is 11.3 Å². The van der Waals surface area contributed by atoms with Crippen LogP contribution in [-0.4, -0.2) is 27.6 Å². The van der Waals surface area contributed by atoms with E-state index in [2.05, 4.69) is 38.0 Å². The zero-order valence-corrected chi connectivity index (χ0v) is 23.6. The quantitative estimate of drug-likeness (QED) is 0.496. The minimum Gasteiger partial charge on any atom is -0.393 e. The van der Waals surface area contributed by atoms with Crippen LogP contribution in [0.25, 0.3) is 0 Å². The van der Waals surface area contributed by atoms with Crippen molar-refractivity contribution in [3.05, 3.63) is 30.1 Å². The summed E-state index contributed by atoms with van der Waals surface area (Å²) in [7, 11) is 0. The van der Waals surface area contributed by atoms with Gasteiger partial charge in [0.15, 0.2) is 0 Å². The Labute approximate surface area is 223 Å². The summed E-state index contributed by atoms with van der Waals surface area (Å²) in [6, 6.07) is 3.96. The van der Waals surface area contributed by atoms with Crippen LogP contribution in [0.1, 0.15) is 104 Å². The molecule has 5 nitrogen and oxygen atoms in total. The molecule has 0 spiro atoms. The molecule has 1 heterocycles. The van der Waals surface area contributed by atoms with Crippen molar-refractivity contribution in [2.24, 2.45) is 51.1 Å². The summed E-state index contributed by atoms with van der Waals surface area (Å²) in [5.41, 5.74) is 8.64. The van der Waals surface area contributed by atoms with Gasteiger partial charge in [0.25, 0.3) is 0 Å². The van der Waals surface area contributed by atoms with E-state index in [1.165, 1.54) is 19.3 Å². The highest BCUT2D eigenvalue weighted by atomic mass is 16.3. The second-order valence-electron chi connectivity index (χ2n) is 14.9. The van der Waals surface area contributed by atoms with Gasteiger partial charge in [-0.25, -0.2) is 0 Å². The number of carbonyl (C=O) groups excluding carboxylic acids is 1. The first-order valence-electron chi connectivity index (χ1n) is 15.1. The molecular weight excluding hydrogens is 458 g/mol. The number of hydrogen-bond acceptors (Lipinski definition) is 4. The number of nitrogens with two attached hydrogens (primary N) is 1. The Hall–Kier alpha value is -1.46. The fraction of sp³-hybridized carbons (Fsp3) is 0.812. The van der Waals surface area contributed by atoms with Crippen molar-refractivity contribution in [2.45, 2.75) is 117 Å². The molecule has 5 saturated carbocycles. The first kappa shape index (κ1) is 25.8. The third-order valence-electron chi connectivity index (χ3n) is 13.3. The Morgan fingerprint density at radius 3 is 2.30 bits per heavy atom. The molecular formula is C32H49N3O2. The Balaban J connectivity index is 1.27. The molecule has 5 heteroatoms. The Morgan fingerprint density at radius 1 is 0.892 bits per heavy atom. The summed E-state index contributed by atoms with van der Waals surface area (Å²) < 4.78 is 0. The minimum atomic E-state index is -0.306. The molecule has 9 unspecified atom stereocenters. The standard InChI is InChI=1S/C32H49N3O2/c1-28(2)22-7-14-30(4)23(29(22,3)15-10-26(28)36)9-17-32(33)24(30)8-16-31(13-5-6-25(31)32)27(37)35-20-21-11-18-34-19-12-21/h11-12,18-19,22-26,36H,5-10,13-17,20,33H2,1-4H3,(H,35,37). The van der Waals surface area contributed by atoms with Crippen molar-refractivity contribution in [2.75, 3.05) is 0 Å². The molecule has 1 aromatic heterocycles. The van der Waals surface area contributed by atoms with Crippen LogP contribution in [0.4, 0.5) is 0 Å².